The molecule has 1 aliphatic carbocycles. The quantitative estimate of drug-likeness (QED) is 0.401. The van der Waals surface area contributed by atoms with Crippen LogP contribution in [0, 0.1) is 11.8 Å². The maximum atomic E-state index is 13.2. The average molecular weight is 439 g/mol. The van der Waals surface area contributed by atoms with Crippen LogP contribution in [-0.4, -0.2) is 36.0 Å². The summed E-state index contributed by atoms with van der Waals surface area (Å²) in [5.41, 5.74) is 3.71. The number of hydrogen-bond acceptors (Lipinski definition) is 2. The molecule has 0 amide bonds. The van der Waals surface area contributed by atoms with E-state index in [2.05, 4.69) is 89.5 Å². The lowest BCUT2D eigenvalue weighted by Gasteiger charge is -2.43. The molecular weight excluding hydrogens is 406 g/mol. The molecule has 2 atom stereocenters. The molecule has 0 spiro atoms. The fraction of sp³-hybridized carbons (Fsp3) is 0.333. The minimum atomic E-state index is -0.167. The van der Waals surface area contributed by atoms with E-state index in [-0.39, 0.29) is 17.3 Å². The number of carbonyl (C=O) groups is 1. The van der Waals surface area contributed by atoms with Crippen molar-refractivity contribution in [1.82, 2.24) is 0 Å². The van der Waals surface area contributed by atoms with Crippen LogP contribution in [-0.2, 0) is 21.4 Å². The highest BCUT2D eigenvalue weighted by atomic mass is 16.5. The highest BCUT2D eigenvalue weighted by molar-refractivity contribution is 5.84. The van der Waals surface area contributed by atoms with Crippen molar-refractivity contribution in [2.75, 3.05) is 19.7 Å². The molecule has 0 N–H and O–H groups in total. The molecule has 1 heterocycles. The van der Waals surface area contributed by atoms with Gasteiger partial charge >= 0.3 is 5.90 Å². The summed E-state index contributed by atoms with van der Waals surface area (Å²) in [5, 5.41) is 0. The molecule has 1 saturated carbocycles. The molecule has 1 saturated heterocycles. The molecule has 2 unspecified atom stereocenters. The summed E-state index contributed by atoms with van der Waals surface area (Å²) in [5.74, 6) is 1.63. The Morgan fingerprint density at radius 3 is 2.03 bits per heavy atom. The minimum Gasteiger partial charge on any atom is -0.448 e. The number of ketones is 1. The summed E-state index contributed by atoms with van der Waals surface area (Å²) in [6, 6.07) is 32.2. The SMILES string of the molecule is CCOC(Cc1ccccc1)=[N+]1CC2C(=O)CCC(c3ccccc3)(c3ccccc3)C2C1. The van der Waals surface area contributed by atoms with Crippen LogP contribution in [0.5, 0.6) is 0 Å². The molecule has 2 aliphatic rings. The number of Topliss-reactive ketones (excluding diaryl/α,β-unsaturated/α-hetero) is 1. The predicted molar refractivity (Wildman–Crippen MR) is 132 cm³/mol. The maximum Gasteiger partial charge on any atom is 0.340 e. The Balaban J connectivity index is 1.60. The van der Waals surface area contributed by atoms with Crippen LogP contribution < -0.4 is 0 Å². The topological polar surface area (TPSA) is 29.3 Å². The molecule has 0 radical (unpaired) electrons. The zero-order chi connectivity index (χ0) is 22.7. The van der Waals surface area contributed by atoms with E-state index in [0.717, 1.165) is 31.8 Å². The standard InChI is InChI=1S/C30H32NO2/c1-2-33-29(20-23-12-6-3-7-13-23)31-21-26-27(22-31)30(19-18-28(26)32,24-14-8-4-9-15-24)25-16-10-5-11-17-25/h3-17,26-27H,2,18-22H2,1H3/q+1. The van der Waals surface area contributed by atoms with Gasteiger partial charge < -0.3 is 4.74 Å². The first-order valence-electron chi connectivity index (χ1n) is 12.1. The van der Waals surface area contributed by atoms with Crippen LogP contribution in [0.15, 0.2) is 91.0 Å². The molecule has 1 aliphatic heterocycles. The summed E-state index contributed by atoms with van der Waals surface area (Å²) in [4.78, 5) is 13.2. The summed E-state index contributed by atoms with van der Waals surface area (Å²) in [6.07, 6.45) is 2.24. The molecule has 3 heteroatoms. The van der Waals surface area contributed by atoms with Gasteiger partial charge in [0.05, 0.1) is 18.9 Å². The van der Waals surface area contributed by atoms with Gasteiger partial charge in [0.15, 0.2) is 13.1 Å². The van der Waals surface area contributed by atoms with Gasteiger partial charge in [0.1, 0.15) is 5.78 Å². The number of nitrogens with zero attached hydrogens (tertiary/aromatic N) is 1. The van der Waals surface area contributed by atoms with Crippen molar-refractivity contribution in [3.8, 4) is 0 Å². The number of hydrogen-bond donors (Lipinski definition) is 0. The second kappa shape index (κ2) is 9.35. The smallest absolute Gasteiger partial charge is 0.340 e. The summed E-state index contributed by atoms with van der Waals surface area (Å²) < 4.78 is 8.54. The molecule has 0 aromatic heterocycles. The molecule has 5 rings (SSSR count). The molecule has 3 aromatic rings. The second-order valence-electron chi connectivity index (χ2n) is 9.28. The van der Waals surface area contributed by atoms with Crippen LogP contribution in [0.3, 0.4) is 0 Å². The van der Waals surface area contributed by atoms with Gasteiger partial charge in [0, 0.05) is 17.8 Å². The Morgan fingerprint density at radius 1 is 0.879 bits per heavy atom. The monoisotopic (exact) mass is 438 g/mol. The third-order valence-electron chi connectivity index (χ3n) is 7.57. The third kappa shape index (κ3) is 4.01. The van der Waals surface area contributed by atoms with Crippen molar-refractivity contribution in [3.63, 3.8) is 0 Å². The molecule has 3 nitrogen and oxygen atoms in total. The van der Waals surface area contributed by atoms with Gasteiger partial charge in [0.25, 0.3) is 0 Å². The molecule has 168 valence electrons. The zero-order valence-electron chi connectivity index (χ0n) is 19.3. The third-order valence-corrected chi connectivity index (χ3v) is 7.57. The molecule has 2 fully saturated rings. The highest BCUT2D eigenvalue weighted by Crippen LogP contribution is 2.51. The van der Waals surface area contributed by atoms with Gasteiger partial charge in [-0.3, -0.25) is 4.79 Å². The maximum absolute atomic E-state index is 13.2. The van der Waals surface area contributed by atoms with Crippen LogP contribution in [0.2, 0.25) is 0 Å². The Hall–Kier alpha value is -3.20. The fourth-order valence-corrected chi connectivity index (χ4v) is 6.07. The van der Waals surface area contributed by atoms with Crippen molar-refractivity contribution >= 4 is 11.7 Å². The second-order valence-corrected chi connectivity index (χ2v) is 9.28. The van der Waals surface area contributed by atoms with E-state index < -0.39 is 0 Å². The molecule has 33 heavy (non-hydrogen) atoms. The lowest BCUT2D eigenvalue weighted by Crippen LogP contribution is -2.47. The largest absolute Gasteiger partial charge is 0.448 e. The number of carbonyl (C=O) groups excluding carboxylic acids is 1. The van der Waals surface area contributed by atoms with E-state index in [0.29, 0.717) is 18.8 Å². The lowest BCUT2D eigenvalue weighted by atomic mass is 9.56. The minimum absolute atomic E-state index is 0.0189. The fourth-order valence-electron chi connectivity index (χ4n) is 6.07. The number of ether oxygens (including phenoxy) is 1. The first-order valence-corrected chi connectivity index (χ1v) is 12.1. The Kier molecular flexibility index (Phi) is 6.13. The van der Waals surface area contributed by atoms with Crippen molar-refractivity contribution < 1.29 is 14.1 Å². The van der Waals surface area contributed by atoms with Gasteiger partial charge in [-0.05, 0) is 30.0 Å². The average Bonchev–Trinajstić information content (AvgIpc) is 3.33. The molecule has 3 aromatic carbocycles. The predicted octanol–water partition coefficient (Wildman–Crippen LogP) is 5.27. The zero-order valence-corrected chi connectivity index (χ0v) is 19.3. The van der Waals surface area contributed by atoms with Crippen LogP contribution >= 0.6 is 0 Å². The van der Waals surface area contributed by atoms with Gasteiger partial charge in [-0.15, -0.1) is 0 Å². The van der Waals surface area contributed by atoms with E-state index in [1.165, 1.54) is 16.7 Å². The van der Waals surface area contributed by atoms with Gasteiger partial charge in [-0.2, -0.15) is 0 Å². The van der Waals surface area contributed by atoms with Gasteiger partial charge in [-0.25, -0.2) is 4.58 Å². The van der Waals surface area contributed by atoms with E-state index >= 15 is 0 Å². The molecular formula is C30H32NO2+. The Labute approximate surface area is 196 Å². The molecule has 0 bridgehead atoms. The van der Waals surface area contributed by atoms with Crippen LogP contribution in [0.1, 0.15) is 36.5 Å². The number of rotatable bonds is 5. The normalized spacial score (nSPS) is 23.1. The first kappa shape index (κ1) is 21.6. The summed E-state index contributed by atoms with van der Waals surface area (Å²) >= 11 is 0. The highest BCUT2D eigenvalue weighted by Gasteiger charge is 2.57. The number of fused-ring (bicyclic) bond motifs is 1. The van der Waals surface area contributed by atoms with E-state index in [4.69, 9.17) is 4.74 Å². The van der Waals surface area contributed by atoms with Crippen molar-refractivity contribution in [2.45, 2.75) is 31.6 Å². The Morgan fingerprint density at radius 2 is 1.45 bits per heavy atom. The lowest BCUT2D eigenvalue weighted by molar-refractivity contribution is -0.521. The summed E-state index contributed by atoms with van der Waals surface area (Å²) in [7, 11) is 0. The summed E-state index contributed by atoms with van der Waals surface area (Å²) in [6.45, 7) is 4.25. The number of benzene rings is 3. The van der Waals surface area contributed by atoms with Crippen molar-refractivity contribution in [1.29, 1.82) is 0 Å². The first-order chi connectivity index (χ1) is 16.2. The van der Waals surface area contributed by atoms with E-state index in [1.807, 2.05) is 13.0 Å². The van der Waals surface area contributed by atoms with Crippen molar-refractivity contribution in [3.05, 3.63) is 108 Å². The van der Waals surface area contributed by atoms with E-state index in [1.54, 1.807) is 0 Å². The Bertz CT molecular complexity index is 1080. The van der Waals surface area contributed by atoms with E-state index in [9.17, 15) is 4.79 Å². The van der Waals surface area contributed by atoms with Crippen LogP contribution in [0.4, 0.5) is 0 Å². The van der Waals surface area contributed by atoms with Crippen LogP contribution in [0.25, 0.3) is 0 Å². The van der Waals surface area contributed by atoms with Crippen molar-refractivity contribution in [2.24, 2.45) is 11.8 Å². The van der Waals surface area contributed by atoms with Gasteiger partial charge in [0.2, 0.25) is 0 Å². The van der Waals surface area contributed by atoms with Gasteiger partial charge in [-0.1, -0.05) is 91.0 Å².